The summed E-state index contributed by atoms with van der Waals surface area (Å²) in [6.07, 6.45) is 0.680. The second kappa shape index (κ2) is 6.71. The molecule has 1 aromatic carbocycles. The van der Waals surface area contributed by atoms with E-state index < -0.39 is 0 Å². The van der Waals surface area contributed by atoms with Gasteiger partial charge in [-0.25, -0.2) is 0 Å². The average Bonchev–Trinajstić information content (AvgIpc) is 2.89. The van der Waals surface area contributed by atoms with Gasteiger partial charge in [-0.05, 0) is 34.9 Å². The maximum Gasteiger partial charge on any atom is 0.258 e. The number of fused-ring (bicyclic) bond motifs is 1. The molecule has 0 bridgehead atoms. The molecule has 2 aromatic rings. The fourth-order valence-electron chi connectivity index (χ4n) is 4.31. The number of rotatable bonds is 4. The topological polar surface area (TPSA) is 67.4 Å². The highest BCUT2D eigenvalue weighted by Gasteiger charge is 2.68. The van der Waals surface area contributed by atoms with Crippen molar-refractivity contribution in [2.45, 2.75) is 40.7 Å². The zero-order valence-corrected chi connectivity index (χ0v) is 17.5. The van der Waals surface area contributed by atoms with Crippen molar-refractivity contribution < 1.29 is 14.3 Å². The standard InChI is InChI=1S/C22H26N2O3S/c1-21(2)17(22(21,3)4)19(26)24-20-16(14-10-11-27-12-15(14)28-20)18(25)23-13-8-6-5-7-9-13/h5-9,17H,10-12H2,1-4H3,(H,23,25)(H,24,26). The molecule has 28 heavy (non-hydrogen) atoms. The van der Waals surface area contributed by atoms with E-state index in [4.69, 9.17) is 4.74 Å². The number of hydrogen-bond donors (Lipinski definition) is 2. The third-order valence-corrected chi connectivity index (χ3v) is 7.72. The largest absolute Gasteiger partial charge is 0.376 e. The van der Waals surface area contributed by atoms with Crippen LogP contribution in [0.1, 0.15) is 48.5 Å². The van der Waals surface area contributed by atoms with E-state index in [0.717, 1.165) is 16.1 Å². The molecule has 2 heterocycles. The first-order valence-electron chi connectivity index (χ1n) is 9.63. The Morgan fingerprint density at radius 1 is 1.07 bits per heavy atom. The predicted molar refractivity (Wildman–Crippen MR) is 112 cm³/mol. The van der Waals surface area contributed by atoms with E-state index in [-0.39, 0.29) is 28.6 Å². The normalized spacial score (nSPS) is 19.6. The first kappa shape index (κ1) is 19.2. The fraction of sp³-hybridized carbons (Fsp3) is 0.455. The lowest BCUT2D eigenvalue weighted by molar-refractivity contribution is -0.118. The first-order valence-corrected chi connectivity index (χ1v) is 10.4. The van der Waals surface area contributed by atoms with Gasteiger partial charge in [-0.2, -0.15) is 0 Å². The lowest BCUT2D eigenvalue weighted by Gasteiger charge is -2.14. The quantitative estimate of drug-likeness (QED) is 0.785. The SMILES string of the molecule is CC1(C)C(C(=O)Nc2sc3c(c2C(=O)Nc2ccccc2)CCOC3)C1(C)C. The minimum absolute atomic E-state index is 0.0109. The van der Waals surface area contributed by atoms with Gasteiger partial charge in [-0.1, -0.05) is 45.9 Å². The van der Waals surface area contributed by atoms with E-state index >= 15 is 0 Å². The molecule has 0 unspecified atom stereocenters. The van der Waals surface area contributed by atoms with Crippen LogP contribution in [0.4, 0.5) is 10.7 Å². The van der Waals surface area contributed by atoms with Crippen molar-refractivity contribution in [1.82, 2.24) is 0 Å². The summed E-state index contributed by atoms with van der Waals surface area (Å²) in [4.78, 5) is 27.1. The Bertz CT molecular complexity index is 917. The Morgan fingerprint density at radius 3 is 2.39 bits per heavy atom. The number of carbonyl (C=O) groups excluding carboxylic acids is 2. The zero-order valence-electron chi connectivity index (χ0n) is 16.7. The van der Waals surface area contributed by atoms with Gasteiger partial charge in [-0.3, -0.25) is 9.59 Å². The second-order valence-electron chi connectivity index (χ2n) is 8.70. The molecule has 2 amide bonds. The van der Waals surface area contributed by atoms with E-state index in [1.54, 1.807) is 0 Å². The maximum absolute atomic E-state index is 13.1. The van der Waals surface area contributed by atoms with Crippen molar-refractivity contribution in [3.63, 3.8) is 0 Å². The fourth-order valence-corrected chi connectivity index (χ4v) is 5.50. The second-order valence-corrected chi connectivity index (χ2v) is 9.80. The number of carbonyl (C=O) groups is 2. The van der Waals surface area contributed by atoms with E-state index in [1.807, 2.05) is 30.3 Å². The molecule has 2 aliphatic rings. The van der Waals surface area contributed by atoms with Crippen molar-refractivity contribution in [2.75, 3.05) is 17.2 Å². The molecule has 5 nitrogen and oxygen atoms in total. The van der Waals surface area contributed by atoms with Crippen LogP contribution in [0.3, 0.4) is 0 Å². The summed E-state index contributed by atoms with van der Waals surface area (Å²) in [5.74, 6) is -0.265. The molecule has 1 fully saturated rings. The van der Waals surface area contributed by atoms with Crippen LogP contribution in [0, 0.1) is 16.7 Å². The summed E-state index contributed by atoms with van der Waals surface area (Å²) >= 11 is 1.46. The van der Waals surface area contributed by atoms with E-state index in [1.165, 1.54) is 11.3 Å². The summed E-state index contributed by atoms with van der Waals surface area (Å²) in [6, 6.07) is 9.38. The van der Waals surface area contributed by atoms with Crippen LogP contribution < -0.4 is 10.6 Å². The van der Waals surface area contributed by atoms with Gasteiger partial charge < -0.3 is 15.4 Å². The number of thiophene rings is 1. The predicted octanol–water partition coefficient (Wildman–Crippen LogP) is 4.69. The minimum atomic E-state index is -0.185. The number of ether oxygens (including phenoxy) is 1. The van der Waals surface area contributed by atoms with Crippen LogP contribution in [-0.4, -0.2) is 18.4 Å². The molecule has 2 N–H and O–H groups in total. The third kappa shape index (κ3) is 3.05. The number of anilines is 2. The van der Waals surface area contributed by atoms with Crippen LogP contribution in [-0.2, 0) is 22.6 Å². The number of hydrogen-bond acceptors (Lipinski definition) is 4. The van der Waals surface area contributed by atoms with Crippen molar-refractivity contribution >= 4 is 33.8 Å². The Hall–Kier alpha value is -2.18. The van der Waals surface area contributed by atoms with Gasteiger partial charge in [0.2, 0.25) is 5.91 Å². The van der Waals surface area contributed by atoms with Gasteiger partial charge in [0.25, 0.3) is 5.91 Å². The molecule has 0 atom stereocenters. The molecule has 0 radical (unpaired) electrons. The van der Waals surface area contributed by atoms with Crippen LogP contribution in [0.5, 0.6) is 0 Å². The molecule has 6 heteroatoms. The number of amides is 2. The Balaban J connectivity index is 1.63. The lowest BCUT2D eigenvalue weighted by atomic mass is 10.0. The molecule has 0 spiro atoms. The van der Waals surface area contributed by atoms with Crippen LogP contribution >= 0.6 is 11.3 Å². The van der Waals surface area contributed by atoms with E-state index in [0.29, 0.717) is 30.2 Å². The smallest absolute Gasteiger partial charge is 0.258 e. The highest BCUT2D eigenvalue weighted by atomic mass is 32.1. The zero-order chi connectivity index (χ0) is 20.1. The number of benzene rings is 1. The monoisotopic (exact) mass is 398 g/mol. The van der Waals surface area contributed by atoms with Crippen LogP contribution in [0.2, 0.25) is 0 Å². The van der Waals surface area contributed by atoms with Gasteiger partial charge in [0.1, 0.15) is 5.00 Å². The minimum Gasteiger partial charge on any atom is -0.376 e. The number of nitrogens with one attached hydrogen (secondary N) is 2. The summed E-state index contributed by atoms with van der Waals surface area (Å²) in [5, 5.41) is 6.66. The van der Waals surface area contributed by atoms with Crippen molar-refractivity contribution in [3.8, 4) is 0 Å². The molecule has 4 rings (SSSR count). The number of para-hydroxylation sites is 1. The van der Waals surface area contributed by atoms with Gasteiger partial charge >= 0.3 is 0 Å². The van der Waals surface area contributed by atoms with Crippen LogP contribution in [0.15, 0.2) is 30.3 Å². The lowest BCUT2D eigenvalue weighted by Crippen LogP contribution is -2.21. The van der Waals surface area contributed by atoms with Gasteiger partial charge in [-0.15, -0.1) is 11.3 Å². The molecule has 1 aliphatic carbocycles. The van der Waals surface area contributed by atoms with E-state index in [2.05, 4.69) is 38.3 Å². The molecule has 148 valence electrons. The summed E-state index contributed by atoms with van der Waals surface area (Å²) in [6.45, 7) is 9.55. The molecule has 0 saturated heterocycles. The first-order chi connectivity index (χ1) is 13.2. The van der Waals surface area contributed by atoms with E-state index in [9.17, 15) is 9.59 Å². The third-order valence-electron chi connectivity index (χ3n) is 6.60. The van der Waals surface area contributed by atoms with Crippen LogP contribution in [0.25, 0.3) is 0 Å². The Labute approximate surface area is 169 Å². The van der Waals surface area contributed by atoms with Crippen molar-refractivity contribution in [2.24, 2.45) is 16.7 Å². The maximum atomic E-state index is 13.1. The molecular weight excluding hydrogens is 372 g/mol. The Kier molecular flexibility index (Phi) is 4.59. The molecular formula is C22H26N2O3S. The highest BCUT2D eigenvalue weighted by Crippen LogP contribution is 2.68. The van der Waals surface area contributed by atoms with Gasteiger partial charge in [0.15, 0.2) is 0 Å². The molecule has 1 aromatic heterocycles. The summed E-state index contributed by atoms with van der Waals surface area (Å²) < 4.78 is 5.56. The molecule has 1 aliphatic heterocycles. The van der Waals surface area contributed by atoms with Crippen molar-refractivity contribution in [3.05, 3.63) is 46.3 Å². The summed E-state index contributed by atoms with van der Waals surface area (Å²) in [7, 11) is 0. The molecule has 1 saturated carbocycles. The van der Waals surface area contributed by atoms with Gasteiger partial charge in [0, 0.05) is 16.5 Å². The van der Waals surface area contributed by atoms with Crippen molar-refractivity contribution in [1.29, 1.82) is 0 Å². The highest BCUT2D eigenvalue weighted by molar-refractivity contribution is 7.17. The average molecular weight is 399 g/mol. The summed E-state index contributed by atoms with van der Waals surface area (Å²) in [5.41, 5.74) is 2.21. The Morgan fingerprint density at radius 2 is 1.75 bits per heavy atom. The van der Waals surface area contributed by atoms with Gasteiger partial charge in [0.05, 0.1) is 18.8 Å².